The summed E-state index contributed by atoms with van der Waals surface area (Å²) in [4.78, 5) is 1.11. The highest BCUT2D eigenvalue weighted by atomic mass is 79.9. The molecule has 2 rings (SSSR count). The number of halogens is 2. The summed E-state index contributed by atoms with van der Waals surface area (Å²) in [7, 11) is -2.85. The van der Waals surface area contributed by atoms with E-state index in [2.05, 4.69) is 21.2 Å². The second-order valence-electron chi connectivity index (χ2n) is 4.47. The van der Waals surface area contributed by atoms with Gasteiger partial charge in [-0.3, -0.25) is 0 Å². The van der Waals surface area contributed by atoms with Crippen LogP contribution in [-0.2, 0) is 9.84 Å². The number of nitrogens with one attached hydrogen (secondary N) is 1. The Bertz CT molecular complexity index is 510. The van der Waals surface area contributed by atoms with E-state index in [1.807, 2.05) is 13.0 Å². The highest BCUT2D eigenvalue weighted by Crippen LogP contribution is 2.40. The van der Waals surface area contributed by atoms with Gasteiger partial charge in [-0.2, -0.15) is 0 Å². The zero-order valence-electron chi connectivity index (χ0n) is 9.95. The Balaban J connectivity index is 2.23. The molecule has 3 nitrogen and oxygen atoms in total. The molecule has 1 saturated heterocycles. The van der Waals surface area contributed by atoms with Crippen LogP contribution in [0.25, 0.3) is 0 Å². The number of sulfone groups is 1. The monoisotopic (exact) mass is 371 g/mol. The van der Waals surface area contributed by atoms with E-state index in [-0.39, 0.29) is 17.7 Å². The van der Waals surface area contributed by atoms with Gasteiger partial charge < -0.3 is 5.32 Å². The Morgan fingerprint density at radius 3 is 2.83 bits per heavy atom. The summed E-state index contributed by atoms with van der Waals surface area (Å²) in [6.45, 7) is 2.84. The first-order chi connectivity index (χ1) is 8.43. The Morgan fingerprint density at radius 2 is 2.39 bits per heavy atom. The van der Waals surface area contributed by atoms with E-state index in [4.69, 9.17) is 11.6 Å². The minimum Gasteiger partial charge on any atom is -0.309 e. The van der Waals surface area contributed by atoms with Crippen molar-refractivity contribution in [2.75, 3.05) is 18.1 Å². The van der Waals surface area contributed by atoms with Crippen LogP contribution in [0, 0.1) is 5.92 Å². The van der Waals surface area contributed by atoms with E-state index in [0.717, 1.165) is 22.3 Å². The van der Waals surface area contributed by atoms with Gasteiger partial charge in [-0.15, -0.1) is 11.3 Å². The Kier molecular flexibility index (Phi) is 4.75. The zero-order chi connectivity index (χ0) is 13.3. The molecule has 18 heavy (non-hydrogen) atoms. The number of hydrogen-bond acceptors (Lipinski definition) is 4. The summed E-state index contributed by atoms with van der Waals surface area (Å²) in [5.41, 5.74) is 0. The van der Waals surface area contributed by atoms with Crippen molar-refractivity contribution in [3.05, 3.63) is 19.8 Å². The summed E-state index contributed by atoms with van der Waals surface area (Å²) < 4.78 is 24.8. The molecule has 2 atom stereocenters. The van der Waals surface area contributed by atoms with Crippen LogP contribution < -0.4 is 5.32 Å². The van der Waals surface area contributed by atoms with Crippen LogP contribution in [0.15, 0.2) is 10.5 Å². The average molecular weight is 373 g/mol. The molecule has 1 aliphatic rings. The first-order valence-corrected chi connectivity index (χ1v) is 9.62. The molecule has 1 aliphatic heterocycles. The molecular formula is C11H15BrClNO2S2. The second kappa shape index (κ2) is 5.79. The number of thiophene rings is 1. The SMILES string of the molecule is CCNC(c1cc(Br)c(Cl)s1)C1CCS(=O)(=O)C1. The van der Waals surface area contributed by atoms with Crippen molar-refractivity contribution in [3.63, 3.8) is 0 Å². The van der Waals surface area contributed by atoms with Crippen molar-refractivity contribution >= 4 is 48.7 Å². The molecule has 2 heterocycles. The van der Waals surface area contributed by atoms with Crippen molar-refractivity contribution in [2.45, 2.75) is 19.4 Å². The molecule has 0 spiro atoms. The Morgan fingerprint density at radius 1 is 1.67 bits per heavy atom. The van der Waals surface area contributed by atoms with Gasteiger partial charge in [0, 0.05) is 15.4 Å². The van der Waals surface area contributed by atoms with Gasteiger partial charge in [-0.05, 0) is 40.9 Å². The number of hydrogen-bond donors (Lipinski definition) is 1. The van der Waals surface area contributed by atoms with Crippen LogP contribution in [0.4, 0.5) is 0 Å². The first kappa shape index (κ1) is 14.8. The molecule has 0 amide bonds. The highest BCUT2D eigenvalue weighted by molar-refractivity contribution is 9.10. The molecule has 1 aromatic rings. The third kappa shape index (κ3) is 3.28. The van der Waals surface area contributed by atoms with Gasteiger partial charge in [0.1, 0.15) is 4.34 Å². The predicted molar refractivity (Wildman–Crippen MR) is 80.2 cm³/mol. The minimum atomic E-state index is -2.85. The van der Waals surface area contributed by atoms with Crippen LogP contribution in [-0.4, -0.2) is 26.5 Å². The number of rotatable bonds is 4. The molecule has 0 bridgehead atoms. The zero-order valence-corrected chi connectivity index (χ0v) is 13.9. The van der Waals surface area contributed by atoms with Gasteiger partial charge >= 0.3 is 0 Å². The van der Waals surface area contributed by atoms with Crippen LogP contribution in [0.2, 0.25) is 4.34 Å². The second-order valence-corrected chi connectivity index (χ2v) is 9.24. The lowest BCUT2D eigenvalue weighted by molar-refractivity contribution is 0.406. The molecule has 1 aromatic heterocycles. The van der Waals surface area contributed by atoms with Crippen molar-refractivity contribution in [1.29, 1.82) is 0 Å². The van der Waals surface area contributed by atoms with Gasteiger partial charge in [-0.1, -0.05) is 18.5 Å². The predicted octanol–water partition coefficient (Wildman–Crippen LogP) is 3.25. The largest absolute Gasteiger partial charge is 0.309 e. The Labute approximate surface area is 125 Å². The molecular weight excluding hydrogens is 358 g/mol. The maximum atomic E-state index is 11.6. The van der Waals surface area contributed by atoms with E-state index in [1.165, 1.54) is 11.3 Å². The van der Waals surface area contributed by atoms with Gasteiger partial charge in [-0.25, -0.2) is 8.42 Å². The molecule has 0 saturated carbocycles. The van der Waals surface area contributed by atoms with Crippen LogP contribution in [0.5, 0.6) is 0 Å². The highest BCUT2D eigenvalue weighted by Gasteiger charge is 2.35. The van der Waals surface area contributed by atoms with Crippen LogP contribution >= 0.6 is 38.9 Å². The van der Waals surface area contributed by atoms with Gasteiger partial charge in [0.25, 0.3) is 0 Å². The average Bonchev–Trinajstić information content (AvgIpc) is 2.79. The molecule has 2 unspecified atom stereocenters. The van der Waals surface area contributed by atoms with Crippen molar-refractivity contribution < 1.29 is 8.42 Å². The van der Waals surface area contributed by atoms with Crippen molar-refractivity contribution in [3.8, 4) is 0 Å². The third-order valence-corrected chi connectivity index (χ3v) is 7.49. The molecule has 102 valence electrons. The lowest BCUT2D eigenvalue weighted by Crippen LogP contribution is -2.28. The van der Waals surface area contributed by atoms with Gasteiger partial charge in [0.15, 0.2) is 9.84 Å². The lowest BCUT2D eigenvalue weighted by atomic mass is 9.98. The molecule has 1 N–H and O–H groups in total. The molecule has 0 aliphatic carbocycles. The first-order valence-electron chi connectivity index (χ1n) is 5.81. The summed E-state index contributed by atoms with van der Waals surface area (Å²) in [6.07, 6.45) is 0.729. The fraction of sp³-hybridized carbons (Fsp3) is 0.636. The van der Waals surface area contributed by atoms with E-state index < -0.39 is 9.84 Å². The summed E-state index contributed by atoms with van der Waals surface area (Å²) in [5.74, 6) is 0.731. The van der Waals surface area contributed by atoms with Crippen LogP contribution in [0.1, 0.15) is 24.3 Å². The van der Waals surface area contributed by atoms with Gasteiger partial charge in [0.2, 0.25) is 0 Å². The molecule has 0 radical (unpaired) electrons. The maximum absolute atomic E-state index is 11.6. The smallest absolute Gasteiger partial charge is 0.150 e. The standard InChI is InChI=1S/C11H15BrClNO2S2/c1-2-14-10(7-3-4-18(15,16)6-7)9-5-8(12)11(13)17-9/h5,7,10,14H,2-4,6H2,1H3. The fourth-order valence-corrected chi connectivity index (χ4v) is 6.07. The molecule has 0 aromatic carbocycles. The van der Waals surface area contributed by atoms with Crippen molar-refractivity contribution in [1.82, 2.24) is 5.32 Å². The van der Waals surface area contributed by atoms with E-state index in [0.29, 0.717) is 10.1 Å². The van der Waals surface area contributed by atoms with E-state index >= 15 is 0 Å². The van der Waals surface area contributed by atoms with Gasteiger partial charge in [0.05, 0.1) is 11.5 Å². The maximum Gasteiger partial charge on any atom is 0.150 e. The van der Waals surface area contributed by atoms with E-state index in [1.54, 1.807) is 0 Å². The van der Waals surface area contributed by atoms with E-state index in [9.17, 15) is 8.42 Å². The normalized spacial score (nSPS) is 24.3. The minimum absolute atomic E-state index is 0.0843. The topological polar surface area (TPSA) is 46.2 Å². The lowest BCUT2D eigenvalue weighted by Gasteiger charge is -2.22. The van der Waals surface area contributed by atoms with Crippen LogP contribution in [0.3, 0.4) is 0 Å². The Hall–Kier alpha value is 0.380. The quantitative estimate of drug-likeness (QED) is 0.882. The molecule has 1 fully saturated rings. The third-order valence-electron chi connectivity index (χ3n) is 3.13. The molecule has 7 heteroatoms. The fourth-order valence-electron chi connectivity index (χ4n) is 2.32. The summed E-state index contributed by atoms with van der Waals surface area (Å²) in [6, 6.07) is 2.08. The summed E-state index contributed by atoms with van der Waals surface area (Å²) in [5, 5.41) is 3.39. The van der Waals surface area contributed by atoms with Crippen molar-refractivity contribution in [2.24, 2.45) is 5.92 Å². The summed E-state index contributed by atoms with van der Waals surface area (Å²) >= 11 is 11.0.